The largest absolute Gasteiger partial charge is 0.392 e. The standard InChI is InChI=1S/C16H21F2NO/c1-2-3-4-15(20)11-19(14-7-8-14)10-12-5-6-13(17)9-16(12)18/h2,5-6,9,14-15,20H,1,3-4,7-8,10-11H2. The van der Waals surface area contributed by atoms with Crippen molar-refractivity contribution in [3.05, 3.63) is 48.1 Å². The van der Waals surface area contributed by atoms with Crippen molar-refractivity contribution in [3.8, 4) is 0 Å². The van der Waals surface area contributed by atoms with Gasteiger partial charge in [0.25, 0.3) is 0 Å². The fourth-order valence-corrected chi connectivity index (χ4v) is 2.32. The zero-order chi connectivity index (χ0) is 14.5. The molecule has 0 saturated heterocycles. The molecule has 2 rings (SSSR count). The number of allylic oxidation sites excluding steroid dienone is 1. The van der Waals surface area contributed by atoms with Gasteiger partial charge in [0.05, 0.1) is 6.10 Å². The molecule has 1 unspecified atom stereocenters. The zero-order valence-corrected chi connectivity index (χ0v) is 11.6. The zero-order valence-electron chi connectivity index (χ0n) is 11.6. The minimum absolute atomic E-state index is 0.415. The lowest BCUT2D eigenvalue weighted by Crippen LogP contribution is -2.34. The van der Waals surface area contributed by atoms with Gasteiger partial charge in [0.15, 0.2) is 0 Å². The van der Waals surface area contributed by atoms with E-state index in [1.165, 1.54) is 12.1 Å². The highest BCUT2D eigenvalue weighted by molar-refractivity contribution is 5.18. The lowest BCUT2D eigenvalue weighted by Gasteiger charge is -2.25. The number of nitrogens with zero attached hydrogens (tertiary/aromatic N) is 1. The maximum atomic E-state index is 13.7. The van der Waals surface area contributed by atoms with Crippen LogP contribution in [-0.4, -0.2) is 28.7 Å². The number of halogens is 2. The van der Waals surface area contributed by atoms with Crippen LogP contribution in [0.5, 0.6) is 0 Å². The van der Waals surface area contributed by atoms with E-state index < -0.39 is 17.7 Å². The fraction of sp³-hybridized carbons (Fsp3) is 0.500. The van der Waals surface area contributed by atoms with Gasteiger partial charge in [-0.1, -0.05) is 12.1 Å². The summed E-state index contributed by atoms with van der Waals surface area (Å²) in [7, 11) is 0. The third-order valence-corrected chi connectivity index (χ3v) is 3.60. The van der Waals surface area contributed by atoms with Crippen LogP contribution in [-0.2, 0) is 6.54 Å². The van der Waals surface area contributed by atoms with Crippen LogP contribution in [0.1, 0.15) is 31.2 Å². The molecule has 1 aliphatic carbocycles. The van der Waals surface area contributed by atoms with Crippen LogP contribution < -0.4 is 0 Å². The average molecular weight is 281 g/mol. The summed E-state index contributed by atoms with van der Waals surface area (Å²) < 4.78 is 26.6. The van der Waals surface area contributed by atoms with E-state index in [0.717, 1.165) is 25.3 Å². The molecule has 1 fully saturated rings. The van der Waals surface area contributed by atoms with Crippen molar-refractivity contribution < 1.29 is 13.9 Å². The van der Waals surface area contributed by atoms with Crippen LogP contribution in [0.15, 0.2) is 30.9 Å². The first-order chi connectivity index (χ1) is 9.60. The Hall–Kier alpha value is -1.26. The van der Waals surface area contributed by atoms with Crippen LogP contribution in [0, 0.1) is 11.6 Å². The molecule has 0 bridgehead atoms. The van der Waals surface area contributed by atoms with Crippen molar-refractivity contribution in [2.45, 2.75) is 44.4 Å². The summed E-state index contributed by atoms with van der Waals surface area (Å²) in [4.78, 5) is 2.09. The molecule has 0 amide bonds. The third kappa shape index (κ3) is 4.39. The van der Waals surface area contributed by atoms with E-state index in [1.54, 1.807) is 6.08 Å². The SMILES string of the molecule is C=CCCC(O)CN(Cc1ccc(F)cc1F)C1CC1. The molecule has 0 aliphatic heterocycles. The van der Waals surface area contributed by atoms with E-state index in [9.17, 15) is 13.9 Å². The van der Waals surface area contributed by atoms with Crippen LogP contribution in [0.4, 0.5) is 8.78 Å². The molecular weight excluding hydrogens is 260 g/mol. The van der Waals surface area contributed by atoms with E-state index in [2.05, 4.69) is 11.5 Å². The van der Waals surface area contributed by atoms with Crippen LogP contribution >= 0.6 is 0 Å². The van der Waals surface area contributed by atoms with Crippen LogP contribution in [0.3, 0.4) is 0 Å². The summed E-state index contributed by atoms with van der Waals surface area (Å²) in [6.07, 6.45) is 4.94. The second kappa shape index (κ2) is 6.95. The van der Waals surface area contributed by atoms with Gasteiger partial charge in [-0.05, 0) is 31.7 Å². The number of hydrogen-bond donors (Lipinski definition) is 1. The Morgan fingerprint density at radius 3 is 2.75 bits per heavy atom. The normalized spacial score (nSPS) is 16.4. The number of hydrogen-bond acceptors (Lipinski definition) is 2. The van der Waals surface area contributed by atoms with Gasteiger partial charge in [-0.3, -0.25) is 4.90 Å². The van der Waals surface area contributed by atoms with E-state index in [4.69, 9.17) is 0 Å². The van der Waals surface area contributed by atoms with Gasteiger partial charge in [0.2, 0.25) is 0 Å². The number of rotatable bonds is 8. The van der Waals surface area contributed by atoms with Crippen molar-refractivity contribution in [2.24, 2.45) is 0 Å². The highest BCUT2D eigenvalue weighted by atomic mass is 19.1. The van der Waals surface area contributed by atoms with Gasteiger partial charge >= 0.3 is 0 Å². The first kappa shape index (κ1) is 15.1. The first-order valence-corrected chi connectivity index (χ1v) is 7.07. The van der Waals surface area contributed by atoms with Gasteiger partial charge in [-0.2, -0.15) is 0 Å². The molecule has 0 radical (unpaired) electrons. The Balaban J connectivity index is 1.96. The minimum atomic E-state index is -0.560. The lowest BCUT2D eigenvalue weighted by molar-refractivity contribution is 0.0973. The molecule has 110 valence electrons. The van der Waals surface area contributed by atoms with Crippen molar-refractivity contribution in [1.82, 2.24) is 4.90 Å². The molecule has 2 nitrogen and oxygen atoms in total. The predicted octanol–water partition coefficient (Wildman–Crippen LogP) is 3.26. The number of aliphatic hydroxyl groups is 1. The van der Waals surface area contributed by atoms with E-state index in [0.29, 0.717) is 31.1 Å². The Morgan fingerprint density at radius 2 is 2.15 bits per heavy atom. The fourth-order valence-electron chi connectivity index (χ4n) is 2.32. The molecule has 1 atom stereocenters. The molecule has 0 heterocycles. The molecular formula is C16H21F2NO. The summed E-state index contributed by atoms with van der Waals surface area (Å²) >= 11 is 0. The van der Waals surface area contributed by atoms with E-state index in [1.807, 2.05) is 0 Å². The van der Waals surface area contributed by atoms with Crippen LogP contribution in [0.25, 0.3) is 0 Å². The van der Waals surface area contributed by atoms with Gasteiger partial charge in [-0.25, -0.2) is 8.78 Å². The third-order valence-electron chi connectivity index (χ3n) is 3.60. The second-order valence-electron chi connectivity index (χ2n) is 5.42. The second-order valence-corrected chi connectivity index (χ2v) is 5.42. The molecule has 1 aliphatic rings. The maximum Gasteiger partial charge on any atom is 0.130 e. The lowest BCUT2D eigenvalue weighted by atomic mass is 10.1. The molecule has 20 heavy (non-hydrogen) atoms. The highest BCUT2D eigenvalue weighted by Gasteiger charge is 2.30. The van der Waals surface area contributed by atoms with Crippen molar-refractivity contribution >= 4 is 0 Å². The molecule has 1 aromatic carbocycles. The van der Waals surface area contributed by atoms with E-state index in [-0.39, 0.29) is 0 Å². The smallest absolute Gasteiger partial charge is 0.130 e. The summed E-state index contributed by atoms with van der Waals surface area (Å²) in [5, 5.41) is 9.98. The van der Waals surface area contributed by atoms with Crippen molar-refractivity contribution in [1.29, 1.82) is 0 Å². The Labute approximate surface area is 118 Å². The summed E-state index contributed by atoms with van der Waals surface area (Å²) in [6, 6.07) is 4.08. The Kier molecular flexibility index (Phi) is 5.26. The Morgan fingerprint density at radius 1 is 1.40 bits per heavy atom. The van der Waals surface area contributed by atoms with Gasteiger partial charge in [0, 0.05) is 30.8 Å². The van der Waals surface area contributed by atoms with Crippen LogP contribution in [0.2, 0.25) is 0 Å². The Bertz CT molecular complexity index is 460. The van der Waals surface area contributed by atoms with Crippen molar-refractivity contribution in [3.63, 3.8) is 0 Å². The first-order valence-electron chi connectivity index (χ1n) is 7.07. The summed E-state index contributed by atoms with van der Waals surface area (Å²) in [5.41, 5.74) is 0.481. The average Bonchev–Trinajstić information content (AvgIpc) is 3.23. The molecule has 1 saturated carbocycles. The minimum Gasteiger partial charge on any atom is -0.392 e. The molecule has 4 heteroatoms. The van der Waals surface area contributed by atoms with Gasteiger partial charge < -0.3 is 5.11 Å². The van der Waals surface area contributed by atoms with E-state index >= 15 is 0 Å². The molecule has 0 aromatic heterocycles. The summed E-state index contributed by atoms with van der Waals surface area (Å²) in [6.45, 7) is 4.58. The molecule has 1 N–H and O–H groups in total. The quantitative estimate of drug-likeness (QED) is 0.739. The van der Waals surface area contributed by atoms with Gasteiger partial charge in [-0.15, -0.1) is 6.58 Å². The number of benzene rings is 1. The maximum absolute atomic E-state index is 13.7. The monoisotopic (exact) mass is 281 g/mol. The number of aliphatic hydroxyl groups excluding tert-OH is 1. The van der Waals surface area contributed by atoms with Crippen molar-refractivity contribution in [2.75, 3.05) is 6.54 Å². The molecule has 0 spiro atoms. The van der Waals surface area contributed by atoms with Gasteiger partial charge in [0.1, 0.15) is 11.6 Å². The highest BCUT2D eigenvalue weighted by Crippen LogP contribution is 2.29. The topological polar surface area (TPSA) is 23.5 Å². The predicted molar refractivity (Wildman–Crippen MR) is 75.2 cm³/mol. The summed E-state index contributed by atoms with van der Waals surface area (Å²) in [5.74, 6) is -1.08. The molecule has 1 aromatic rings.